The maximum atomic E-state index is 6.65. The van der Waals surface area contributed by atoms with Gasteiger partial charge in [0.25, 0.3) is 0 Å². The summed E-state index contributed by atoms with van der Waals surface area (Å²) < 4.78 is 12.3. The molecule has 1 saturated heterocycles. The summed E-state index contributed by atoms with van der Waals surface area (Å²) >= 11 is 0. The zero-order chi connectivity index (χ0) is 31.1. The van der Waals surface area contributed by atoms with Crippen molar-refractivity contribution in [3.63, 3.8) is 0 Å². The monoisotopic (exact) mass is 598 g/mol. The molecular formula is C38H50O4Si. The first-order valence-corrected chi connectivity index (χ1v) is 19.2. The van der Waals surface area contributed by atoms with Crippen molar-refractivity contribution >= 4 is 8.32 Å². The number of hydrogen-bond acceptors (Lipinski definition) is 4. The van der Waals surface area contributed by atoms with E-state index in [4.69, 9.17) is 18.9 Å². The van der Waals surface area contributed by atoms with Crippen molar-refractivity contribution in [1.29, 1.82) is 0 Å². The number of rotatable bonds is 11. The number of hydrogen-bond donors (Lipinski definition) is 0. The highest BCUT2D eigenvalue weighted by molar-refractivity contribution is 6.69. The van der Waals surface area contributed by atoms with Crippen LogP contribution >= 0.6 is 0 Å². The smallest absolute Gasteiger partial charge is 0.185 e. The predicted molar refractivity (Wildman–Crippen MR) is 180 cm³/mol. The van der Waals surface area contributed by atoms with Gasteiger partial charge in [0.2, 0.25) is 0 Å². The largest absolute Gasteiger partial charge is 0.401 e. The first kappa shape index (κ1) is 33.2. The molecule has 0 amide bonds. The Hall–Kier alpha value is -2.72. The molecule has 4 nitrogen and oxygen atoms in total. The van der Waals surface area contributed by atoms with E-state index in [2.05, 4.69) is 120 Å². The van der Waals surface area contributed by atoms with Crippen LogP contribution in [-0.2, 0) is 30.8 Å². The minimum absolute atomic E-state index is 0.0614. The Morgan fingerprint density at radius 2 is 1.49 bits per heavy atom. The van der Waals surface area contributed by atoms with Gasteiger partial charge in [-0.2, -0.15) is 0 Å². The van der Waals surface area contributed by atoms with Crippen LogP contribution in [0, 0.1) is 25.7 Å². The van der Waals surface area contributed by atoms with E-state index in [1.807, 2.05) is 0 Å². The Balaban J connectivity index is 1.61. The lowest BCUT2D eigenvalue weighted by Gasteiger charge is -2.38. The lowest BCUT2D eigenvalue weighted by molar-refractivity contribution is -0.271. The van der Waals surface area contributed by atoms with Crippen LogP contribution in [0.2, 0.25) is 19.6 Å². The predicted octanol–water partition coefficient (Wildman–Crippen LogP) is 8.95. The maximum Gasteiger partial charge on any atom is 0.185 e. The normalized spacial score (nSPS) is 15.2. The Labute approximate surface area is 261 Å². The van der Waals surface area contributed by atoms with E-state index in [0.29, 0.717) is 19.8 Å². The van der Waals surface area contributed by atoms with Crippen LogP contribution in [0.15, 0.2) is 60.7 Å². The highest BCUT2D eigenvalue weighted by Gasteiger charge is 2.36. The third-order valence-corrected chi connectivity index (χ3v) is 9.85. The molecule has 5 heteroatoms. The third kappa shape index (κ3) is 8.06. The van der Waals surface area contributed by atoms with Crippen LogP contribution in [0.3, 0.4) is 0 Å². The lowest BCUT2D eigenvalue weighted by atomic mass is 9.69. The second-order valence-electron chi connectivity index (χ2n) is 12.9. The Kier molecular flexibility index (Phi) is 11.1. The highest BCUT2D eigenvalue weighted by Crippen LogP contribution is 2.41. The Bertz CT molecular complexity index is 1420. The van der Waals surface area contributed by atoms with Crippen LogP contribution < -0.4 is 0 Å². The molecule has 3 aromatic carbocycles. The van der Waals surface area contributed by atoms with Crippen molar-refractivity contribution < 1.29 is 18.9 Å². The first-order chi connectivity index (χ1) is 20.5. The van der Waals surface area contributed by atoms with Crippen LogP contribution in [0.5, 0.6) is 0 Å². The number of benzene rings is 3. The first-order valence-electron chi connectivity index (χ1n) is 15.8. The molecule has 0 radical (unpaired) electrons. The molecule has 1 aliphatic heterocycles. The molecule has 1 aliphatic rings. The molecule has 0 unspecified atom stereocenters. The highest BCUT2D eigenvalue weighted by atomic mass is 28.4. The van der Waals surface area contributed by atoms with Gasteiger partial charge in [-0.05, 0) is 97.8 Å². The molecule has 1 heterocycles. The Morgan fingerprint density at radius 1 is 0.860 bits per heavy atom. The zero-order valence-electron chi connectivity index (χ0n) is 27.6. The summed E-state index contributed by atoms with van der Waals surface area (Å²) in [5.41, 5.74) is 9.60. The minimum Gasteiger partial charge on any atom is -0.401 e. The summed E-state index contributed by atoms with van der Waals surface area (Å²) in [6.45, 7) is 17.7. The molecule has 1 fully saturated rings. The van der Waals surface area contributed by atoms with Gasteiger partial charge in [-0.3, -0.25) is 0 Å². The molecule has 43 heavy (non-hydrogen) atoms. The quantitative estimate of drug-likeness (QED) is 0.0726. The minimum atomic E-state index is -1.76. The van der Waals surface area contributed by atoms with E-state index in [-0.39, 0.29) is 5.41 Å². The fraction of sp³-hybridized carbons (Fsp3) is 0.474. The maximum absolute atomic E-state index is 6.65. The summed E-state index contributed by atoms with van der Waals surface area (Å²) in [6, 6.07) is 22.7. The van der Waals surface area contributed by atoms with Crippen LogP contribution in [-0.4, -0.2) is 40.8 Å². The van der Waals surface area contributed by atoms with Gasteiger partial charge in [-0.15, -0.1) is 0 Å². The van der Waals surface area contributed by atoms with E-state index in [1.54, 1.807) is 7.11 Å². The molecular weight excluding hydrogens is 549 g/mol. The van der Waals surface area contributed by atoms with Crippen molar-refractivity contribution in [3.05, 3.63) is 94.0 Å². The molecule has 4 rings (SSSR count). The third-order valence-electron chi connectivity index (χ3n) is 8.85. The van der Waals surface area contributed by atoms with Gasteiger partial charge in [0.15, 0.2) is 8.32 Å². The second kappa shape index (κ2) is 14.4. The molecule has 0 spiro atoms. The van der Waals surface area contributed by atoms with E-state index in [0.717, 1.165) is 37.7 Å². The molecule has 0 atom stereocenters. The molecule has 0 bridgehead atoms. The van der Waals surface area contributed by atoms with Gasteiger partial charge in [-0.1, -0.05) is 80.3 Å². The molecule has 3 aromatic rings. The van der Waals surface area contributed by atoms with Crippen molar-refractivity contribution in [1.82, 2.24) is 0 Å². The van der Waals surface area contributed by atoms with Gasteiger partial charge >= 0.3 is 0 Å². The van der Waals surface area contributed by atoms with Gasteiger partial charge in [0.05, 0.1) is 26.9 Å². The topological polar surface area (TPSA) is 36.9 Å². The number of ether oxygens (including phenoxy) is 1. The van der Waals surface area contributed by atoms with E-state index in [1.165, 1.54) is 38.9 Å². The molecule has 0 aliphatic carbocycles. The summed E-state index contributed by atoms with van der Waals surface area (Å²) in [5.74, 6) is 7.11. The van der Waals surface area contributed by atoms with Crippen molar-refractivity contribution in [2.45, 2.75) is 90.5 Å². The van der Waals surface area contributed by atoms with E-state index >= 15 is 0 Å². The molecule has 0 N–H and O–H groups in total. The van der Waals surface area contributed by atoms with E-state index < -0.39 is 13.9 Å². The average molecular weight is 599 g/mol. The van der Waals surface area contributed by atoms with Crippen LogP contribution in [0.1, 0.15) is 72.9 Å². The van der Waals surface area contributed by atoms with Gasteiger partial charge in [0.1, 0.15) is 5.60 Å². The summed E-state index contributed by atoms with van der Waals surface area (Å²) in [4.78, 5) is 9.74. The fourth-order valence-electron chi connectivity index (χ4n) is 6.43. The van der Waals surface area contributed by atoms with Crippen molar-refractivity contribution in [3.8, 4) is 23.0 Å². The molecule has 0 aromatic heterocycles. The standard InChI is InChI=1S/C38H50O4Si/c1-9-38(10-2,35-17-18-36(30(4)28-35)33-13-11-31(12-14-33)20-24-41-39-5)34-16-15-32(29(3)27-34)19-21-37(42-43(6,7)8)22-25-40-26-23-37/h11-18,27-28H,9-10,20,22-26H2,1-8H3. The van der Waals surface area contributed by atoms with Gasteiger partial charge < -0.3 is 9.16 Å². The summed E-state index contributed by atoms with van der Waals surface area (Å²) in [7, 11) is -0.214. The van der Waals surface area contributed by atoms with Gasteiger partial charge in [-0.25, -0.2) is 9.78 Å². The van der Waals surface area contributed by atoms with E-state index in [9.17, 15) is 0 Å². The fourth-order valence-corrected chi connectivity index (χ4v) is 7.86. The SMILES string of the molecule is CCC(CC)(c1ccc(C#CC2(O[Si](C)(C)C)CCOCC2)c(C)c1)c1ccc(-c2ccc(CCOOC)cc2)c(C)c1. The second-order valence-corrected chi connectivity index (χ2v) is 17.3. The average Bonchev–Trinajstić information content (AvgIpc) is 2.98. The lowest BCUT2D eigenvalue weighted by Crippen LogP contribution is -2.45. The zero-order valence-corrected chi connectivity index (χ0v) is 28.6. The summed E-state index contributed by atoms with van der Waals surface area (Å²) in [5, 5.41) is 0. The van der Waals surface area contributed by atoms with Gasteiger partial charge in [0, 0.05) is 23.8 Å². The Morgan fingerprint density at radius 3 is 2.05 bits per heavy atom. The molecule has 0 saturated carbocycles. The van der Waals surface area contributed by atoms with Crippen LogP contribution in [0.25, 0.3) is 11.1 Å². The van der Waals surface area contributed by atoms with Crippen molar-refractivity contribution in [2.75, 3.05) is 26.9 Å². The van der Waals surface area contributed by atoms with Crippen LogP contribution in [0.4, 0.5) is 0 Å². The summed E-state index contributed by atoms with van der Waals surface area (Å²) in [6.07, 6.45) is 4.54. The number of aryl methyl sites for hydroxylation is 2. The molecule has 230 valence electrons. The van der Waals surface area contributed by atoms with Crippen molar-refractivity contribution in [2.24, 2.45) is 0 Å².